The molecule has 1 fully saturated rings. The molecule has 1 aliphatic rings. The average molecular weight is 255 g/mol. The first kappa shape index (κ1) is 9.65. The second-order valence-electron chi connectivity index (χ2n) is 3.54. The minimum atomic E-state index is 0.0677. The van der Waals surface area contributed by atoms with Gasteiger partial charge in [-0.25, -0.2) is 4.98 Å². The molecule has 0 bridgehead atoms. The van der Waals surface area contributed by atoms with E-state index in [2.05, 4.69) is 26.2 Å². The fourth-order valence-corrected chi connectivity index (χ4v) is 1.60. The van der Waals surface area contributed by atoms with Crippen LogP contribution in [0.2, 0.25) is 0 Å². The number of hydrogen-bond donors (Lipinski definition) is 1. The zero-order valence-electron chi connectivity index (χ0n) is 7.66. The second kappa shape index (κ2) is 4.09. The van der Waals surface area contributed by atoms with E-state index in [1.54, 1.807) is 6.07 Å². The van der Waals surface area contributed by atoms with Crippen molar-refractivity contribution in [1.29, 1.82) is 0 Å². The molecule has 1 saturated carbocycles. The number of amides is 1. The van der Waals surface area contributed by atoms with Crippen LogP contribution in [0.5, 0.6) is 0 Å². The molecule has 0 unspecified atom stereocenters. The van der Waals surface area contributed by atoms with Gasteiger partial charge >= 0.3 is 0 Å². The first-order valence-corrected chi connectivity index (χ1v) is 5.46. The summed E-state index contributed by atoms with van der Waals surface area (Å²) in [5.74, 6) is 1.30. The SMILES string of the molecule is O=C(CC1CC1)Nc1cccc(Br)n1. The van der Waals surface area contributed by atoms with Crippen LogP contribution in [0.25, 0.3) is 0 Å². The standard InChI is InChI=1S/C10H11BrN2O/c11-8-2-1-3-9(12-8)13-10(14)6-7-4-5-7/h1-3,7H,4-6H2,(H,12,13,14). The third kappa shape index (κ3) is 2.80. The Balaban J connectivity index is 1.92. The number of halogens is 1. The molecule has 0 saturated heterocycles. The smallest absolute Gasteiger partial charge is 0.225 e. The number of pyridine rings is 1. The molecule has 74 valence electrons. The number of aromatic nitrogens is 1. The van der Waals surface area contributed by atoms with Crippen LogP contribution in [-0.4, -0.2) is 10.9 Å². The van der Waals surface area contributed by atoms with Crippen molar-refractivity contribution in [2.75, 3.05) is 5.32 Å². The molecule has 1 aromatic rings. The molecule has 1 amide bonds. The minimum Gasteiger partial charge on any atom is -0.311 e. The summed E-state index contributed by atoms with van der Waals surface area (Å²) < 4.78 is 0.738. The molecule has 3 nitrogen and oxygen atoms in total. The lowest BCUT2D eigenvalue weighted by Gasteiger charge is -2.03. The largest absolute Gasteiger partial charge is 0.311 e. The number of nitrogens with zero attached hydrogens (tertiary/aromatic N) is 1. The highest BCUT2D eigenvalue weighted by Crippen LogP contribution is 2.32. The Morgan fingerprint density at radius 1 is 1.57 bits per heavy atom. The Kier molecular flexibility index (Phi) is 2.82. The lowest BCUT2D eigenvalue weighted by molar-refractivity contribution is -0.116. The maximum atomic E-state index is 11.4. The van der Waals surface area contributed by atoms with Gasteiger partial charge < -0.3 is 5.32 Å². The predicted octanol–water partition coefficient (Wildman–Crippen LogP) is 2.58. The molecular weight excluding hydrogens is 244 g/mol. The van der Waals surface area contributed by atoms with Gasteiger partial charge in [0.2, 0.25) is 5.91 Å². The average Bonchev–Trinajstić information content (AvgIpc) is 2.87. The number of anilines is 1. The van der Waals surface area contributed by atoms with Crippen molar-refractivity contribution in [3.8, 4) is 0 Å². The van der Waals surface area contributed by atoms with E-state index in [-0.39, 0.29) is 5.91 Å². The quantitative estimate of drug-likeness (QED) is 0.843. The number of rotatable bonds is 3. The topological polar surface area (TPSA) is 42.0 Å². The number of hydrogen-bond acceptors (Lipinski definition) is 2. The Hall–Kier alpha value is -0.900. The van der Waals surface area contributed by atoms with Crippen molar-refractivity contribution in [3.05, 3.63) is 22.8 Å². The molecule has 2 rings (SSSR count). The van der Waals surface area contributed by atoms with Gasteiger partial charge in [0.1, 0.15) is 10.4 Å². The Labute approximate surface area is 91.0 Å². The van der Waals surface area contributed by atoms with Gasteiger partial charge in [0.05, 0.1) is 0 Å². The van der Waals surface area contributed by atoms with Crippen molar-refractivity contribution in [1.82, 2.24) is 4.98 Å². The third-order valence-corrected chi connectivity index (χ3v) is 2.60. The lowest BCUT2D eigenvalue weighted by Crippen LogP contribution is -2.12. The van der Waals surface area contributed by atoms with E-state index in [1.807, 2.05) is 12.1 Å². The van der Waals surface area contributed by atoms with Crippen LogP contribution in [0.15, 0.2) is 22.8 Å². The molecular formula is C10H11BrN2O. The van der Waals surface area contributed by atoms with Crippen LogP contribution in [-0.2, 0) is 4.79 Å². The summed E-state index contributed by atoms with van der Waals surface area (Å²) in [7, 11) is 0. The summed E-state index contributed by atoms with van der Waals surface area (Å²) in [6.45, 7) is 0. The van der Waals surface area contributed by atoms with Crippen LogP contribution in [0.3, 0.4) is 0 Å². The normalized spacial score (nSPS) is 15.2. The molecule has 0 aromatic carbocycles. The van der Waals surface area contributed by atoms with Gasteiger partial charge in [0, 0.05) is 6.42 Å². The summed E-state index contributed by atoms with van der Waals surface area (Å²) in [4.78, 5) is 15.5. The van der Waals surface area contributed by atoms with Crippen LogP contribution < -0.4 is 5.32 Å². The number of carbonyl (C=O) groups excluding carboxylic acids is 1. The molecule has 1 N–H and O–H groups in total. The van der Waals surface area contributed by atoms with E-state index < -0.39 is 0 Å². The fourth-order valence-electron chi connectivity index (χ4n) is 1.26. The zero-order valence-corrected chi connectivity index (χ0v) is 9.25. The summed E-state index contributed by atoms with van der Waals surface area (Å²) in [5.41, 5.74) is 0. The summed E-state index contributed by atoms with van der Waals surface area (Å²) in [5, 5.41) is 2.77. The molecule has 0 radical (unpaired) electrons. The van der Waals surface area contributed by atoms with E-state index in [1.165, 1.54) is 12.8 Å². The minimum absolute atomic E-state index is 0.0677. The van der Waals surface area contributed by atoms with E-state index in [0.29, 0.717) is 18.2 Å². The van der Waals surface area contributed by atoms with E-state index in [0.717, 1.165) is 4.60 Å². The molecule has 1 aromatic heterocycles. The molecule has 1 aliphatic carbocycles. The van der Waals surface area contributed by atoms with Crippen molar-refractivity contribution in [2.45, 2.75) is 19.3 Å². The maximum Gasteiger partial charge on any atom is 0.225 e. The Morgan fingerprint density at radius 3 is 3.00 bits per heavy atom. The number of nitrogens with one attached hydrogen (secondary N) is 1. The van der Waals surface area contributed by atoms with Gasteiger partial charge in [0.25, 0.3) is 0 Å². The monoisotopic (exact) mass is 254 g/mol. The molecule has 14 heavy (non-hydrogen) atoms. The number of carbonyl (C=O) groups is 1. The first-order valence-electron chi connectivity index (χ1n) is 4.66. The zero-order chi connectivity index (χ0) is 9.97. The van der Waals surface area contributed by atoms with Gasteiger partial charge in [-0.3, -0.25) is 4.79 Å². The molecule has 0 spiro atoms. The highest BCUT2D eigenvalue weighted by Gasteiger charge is 2.24. The van der Waals surface area contributed by atoms with Crippen LogP contribution in [0.4, 0.5) is 5.82 Å². The summed E-state index contributed by atoms with van der Waals surface area (Å²) >= 11 is 3.25. The fraction of sp³-hybridized carbons (Fsp3) is 0.400. The van der Waals surface area contributed by atoms with Gasteiger partial charge in [-0.1, -0.05) is 6.07 Å². The van der Waals surface area contributed by atoms with E-state index in [4.69, 9.17) is 0 Å². The molecule has 0 atom stereocenters. The Morgan fingerprint density at radius 2 is 2.36 bits per heavy atom. The van der Waals surface area contributed by atoms with E-state index in [9.17, 15) is 4.79 Å². The van der Waals surface area contributed by atoms with Gasteiger partial charge in [-0.15, -0.1) is 0 Å². The summed E-state index contributed by atoms with van der Waals surface area (Å²) in [6, 6.07) is 5.47. The van der Waals surface area contributed by atoms with E-state index >= 15 is 0 Å². The third-order valence-electron chi connectivity index (χ3n) is 2.15. The Bertz CT molecular complexity index is 350. The highest BCUT2D eigenvalue weighted by molar-refractivity contribution is 9.10. The molecule has 4 heteroatoms. The van der Waals surface area contributed by atoms with Crippen LogP contribution >= 0.6 is 15.9 Å². The van der Waals surface area contributed by atoms with Crippen LogP contribution in [0.1, 0.15) is 19.3 Å². The van der Waals surface area contributed by atoms with Crippen molar-refractivity contribution in [2.24, 2.45) is 5.92 Å². The molecule has 1 heterocycles. The second-order valence-corrected chi connectivity index (χ2v) is 4.35. The van der Waals surface area contributed by atoms with Gasteiger partial charge in [0.15, 0.2) is 0 Å². The highest BCUT2D eigenvalue weighted by atomic mass is 79.9. The summed E-state index contributed by atoms with van der Waals surface area (Å²) in [6.07, 6.45) is 3.02. The molecule has 0 aliphatic heterocycles. The van der Waals surface area contributed by atoms with Crippen LogP contribution in [0, 0.1) is 5.92 Å². The van der Waals surface area contributed by atoms with Crippen molar-refractivity contribution >= 4 is 27.7 Å². The van der Waals surface area contributed by atoms with Crippen molar-refractivity contribution < 1.29 is 4.79 Å². The van der Waals surface area contributed by atoms with Gasteiger partial charge in [-0.2, -0.15) is 0 Å². The van der Waals surface area contributed by atoms with Gasteiger partial charge in [-0.05, 0) is 46.8 Å². The lowest BCUT2D eigenvalue weighted by atomic mass is 10.3. The predicted molar refractivity (Wildman–Crippen MR) is 57.9 cm³/mol. The maximum absolute atomic E-state index is 11.4. The first-order chi connectivity index (χ1) is 6.74. The van der Waals surface area contributed by atoms with Crippen molar-refractivity contribution in [3.63, 3.8) is 0 Å².